The Hall–Kier alpha value is -0.800. The number of likely N-dealkylation sites (tertiary alicyclic amines) is 1. The van der Waals surface area contributed by atoms with Gasteiger partial charge in [-0.3, -0.25) is 4.90 Å². The SMILES string of the molecule is CC1CN(C(C)c2ccco2)CC1N. The number of hydrogen-bond donors (Lipinski definition) is 1. The van der Waals surface area contributed by atoms with Gasteiger partial charge in [0.1, 0.15) is 5.76 Å². The highest BCUT2D eigenvalue weighted by Gasteiger charge is 2.30. The van der Waals surface area contributed by atoms with Gasteiger partial charge < -0.3 is 10.2 Å². The van der Waals surface area contributed by atoms with Gasteiger partial charge in [-0.15, -0.1) is 0 Å². The number of nitrogens with zero attached hydrogens (tertiary/aromatic N) is 1. The van der Waals surface area contributed by atoms with Crippen molar-refractivity contribution in [1.82, 2.24) is 4.90 Å². The Labute approximate surface area is 84.9 Å². The molecule has 3 heteroatoms. The molecule has 0 spiro atoms. The molecule has 1 aliphatic rings. The van der Waals surface area contributed by atoms with Crippen molar-refractivity contribution in [3.63, 3.8) is 0 Å². The summed E-state index contributed by atoms with van der Waals surface area (Å²) in [6, 6.07) is 4.62. The quantitative estimate of drug-likeness (QED) is 0.778. The van der Waals surface area contributed by atoms with Crippen LogP contribution in [0.3, 0.4) is 0 Å². The second-order valence-corrected chi connectivity index (χ2v) is 4.29. The van der Waals surface area contributed by atoms with Crippen LogP contribution in [-0.4, -0.2) is 24.0 Å². The van der Waals surface area contributed by atoms with Crippen molar-refractivity contribution in [2.75, 3.05) is 13.1 Å². The predicted octanol–water partition coefficient (Wildman–Crippen LogP) is 1.62. The Bertz CT molecular complexity index is 273. The Morgan fingerprint density at radius 1 is 1.57 bits per heavy atom. The van der Waals surface area contributed by atoms with E-state index in [1.54, 1.807) is 6.26 Å². The third-order valence-corrected chi connectivity index (χ3v) is 3.20. The topological polar surface area (TPSA) is 42.4 Å². The summed E-state index contributed by atoms with van der Waals surface area (Å²) in [6.45, 7) is 6.43. The molecule has 0 radical (unpaired) electrons. The Morgan fingerprint density at radius 3 is 2.86 bits per heavy atom. The van der Waals surface area contributed by atoms with Crippen LogP contribution in [0.1, 0.15) is 25.6 Å². The summed E-state index contributed by atoms with van der Waals surface area (Å²) in [6.07, 6.45) is 1.73. The summed E-state index contributed by atoms with van der Waals surface area (Å²) in [5.74, 6) is 1.62. The first-order valence-electron chi connectivity index (χ1n) is 5.21. The van der Waals surface area contributed by atoms with E-state index >= 15 is 0 Å². The smallest absolute Gasteiger partial charge is 0.120 e. The number of furan rings is 1. The number of nitrogens with two attached hydrogens (primary N) is 1. The van der Waals surface area contributed by atoms with E-state index < -0.39 is 0 Å². The van der Waals surface area contributed by atoms with Crippen LogP contribution in [0.15, 0.2) is 22.8 Å². The molecule has 3 unspecified atom stereocenters. The molecule has 3 atom stereocenters. The zero-order valence-electron chi connectivity index (χ0n) is 8.81. The van der Waals surface area contributed by atoms with Crippen LogP contribution in [0.25, 0.3) is 0 Å². The molecule has 0 saturated carbocycles. The van der Waals surface area contributed by atoms with Gasteiger partial charge >= 0.3 is 0 Å². The maximum absolute atomic E-state index is 5.99. The van der Waals surface area contributed by atoms with Gasteiger partial charge in [-0.25, -0.2) is 0 Å². The normalized spacial score (nSPS) is 30.8. The maximum Gasteiger partial charge on any atom is 0.120 e. The third kappa shape index (κ3) is 1.70. The van der Waals surface area contributed by atoms with Gasteiger partial charge in [-0.1, -0.05) is 6.92 Å². The van der Waals surface area contributed by atoms with Crippen molar-refractivity contribution < 1.29 is 4.42 Å². The molecular formula is C11H18N2O. The lowest BCUT2D eigenvalue weighted by molar-refractivity contribution is 0.224. The third-order valence-electron chi connectivity index (χ3n) is 3.20. The summed E-state index contributed by atoms with van der Waals surface area (Å²) in [5, 5.41) is 0. The monoisotopic (exact) mass is 194 g/mol. The predicted molar refractivity (Wildman–Crippen MR) is 55.8 cm³/mol. The van der Waals surface area contributed by atoms with Crippen LogP contribution in [0, 0.1) is 5.92 Å². The van der Waals surface area contributed by atoms with Crippen LogP contribution in [-0.2, 0) is 0 Å². The zero-order valence-corrected chi connectivity index (χ0v) is 8.81. The lowest BCUT2D eigenvalue weighted by atomic mass is 10.1. The van der Waals surface area contributed by atoms with Crippen LogP contribution < -0.4 is 5.73 Å². The summed E-state index contributed by atoms with van der Waals surface area (Å²) in [5.41, 5.74) is 5.99. The van der Waals surface area contributed by atoms with E-state index in [9.17, 15) is 0 Å². The number of rotatable bonds is 2. The second-order valence-electron chi connectivity index (χ2n) is 4.29. The minimum atomic E-state index is 0.312. The summed E-state index contributed by atoms with van der Waals surface area (Å²) in [4.78, 5) is 2.38. The molecule has 2 N–H and O–H groups in total. The molecular weight excluding hydrogens is 176 g/mol. The van der Waals surface area contributed by atoms with Crippen molar-refractivity contribution in [1.29, 1.82) is 0 Å². The maximum atomic E-state index is 5.99. The van der Waals surface area contributed by atoms with E-state index in [1.165, 1.54) is 0 Å². The average molecular weight is 194 g/mol. The van der Waals surface area contributed by atoms with Crippen molar-refractivity contribution in [2.24, 2.45) is 11.7 Å². The van der Waals surface area contributed by atoms with Gasteiger partial charge in [-0.05, 0) is 25.0 Å². The second kappa shape index (κ2) is 3.75. The Balaban J connectivity index is 2.03. The van der Waals surface area contributed by atoms with Gasteiger partial charge in [0.2, 0.25) is 0 Å². The van der Waals surface area contributed by atoms with Crippen molar-refractivity contribution >= 4 is 0 Å². The molecule has 2 heterocycles. The molecule has 0 bridgehead atoms. The van der Waals surface area contributed by atoms with Crippen LogP contribution >= 0.6 is 0 Å². The van der Waals surface area contributed by atoms with Crippen LogP contribution in [0.4, 0.5) is 0 Å². The fourth-order valence-corrected chi connectivity index (χ4v) is 2.06. The molecule has 0 amide bonds. The summed E-state index contributed by atoms with van der Waals surface area (Å²) in [7, 11) is 0. The molecule has 0 aromatic carbocycles. The van der Waals surface area contributed by atoms with Crippen molar-refractivity contribution in [3.8, 4) is 0 Å². The molecule has 14 heavy (non-hydrogen) atoms. The highest BCUT2D eigenvalue weighted by atomic mass is 16.3. The van der Waals surface area contributed by atoms with E-state index in [4.69, 9.17) is 10.2 Å². The minimum Gasteiger partial charge on any atom is -0.468 e. The van der Waals surface area contributed by atoms with Gasteiger partial charge in [-0.2, -0.15) is 0 Å². The Morgan fingerprint density at radius 2 is 2.36 bits per heavy atom. The van der Waals surface area contributed by atoms with Gasteiger partial charge in [0.15, 0.2) is 0 Å². The lowest BCUT2D eigenvalue weighted by Crippen LogP contribution is -2.29. The first-order valence-corrected chi connectivity index (χ1v) is 5.21. The molecule has 1 aliphatic heterocycles. The van der Waals surface area contributed by atoms with Gasteiger partial charge in [0.05, 0.1) is 12.3 Å². The molecule has 1 aromatic heterocycles. The van der Waals surface area contributed by atoms with Gasteiger partial charge in [0, 0.05) is 19.1 Å². The van der Waals surface area contributed by atoms with Crippen molar-refractivity contribution in [3.05, 3.63) is 24.2 Å². The van der Waals surface area contributed by atoms with Crippen LogP contribution in [0.2, 0.25) is 0 Å². The van der Waals surface area contributed by atoms with E-state index in [1.807, 2.05) is 12.1 Å². The zero-order chi connectivity index (χ0) is 10.1. The molecule has 78 valence electrons. The first kappa shape index (κ1) is 9.74. The van der Waals surface area contributed by atoms with E-state index in [0.717, 1.165) is 18.8 Å². The first-order chi connectivity index (χ1) is 6.68. The molecule has 2 rings (SSSR count). The van der Waals surface area contributed by atoms with Gasteiger partial charge in [0.25, 0.3) is 0 Å². The molecule has 3 nitrogen and oxygen atoms in total. The number of hydrogen-bond acceptors (Lipinski definition) is 3. The largest absolute Gasteiger partial charge is 0.468 e. The summed E-state index contributed by atoms with van der Waals surface area (Å²) < 4.78 is 5.40. The van der Waals surface area contributed by atoms with E-state index in [-0.39, 0.29) is 0 Å². The fraction of sp³-hybridized carbons (Fsp3) is 0.636. The fourth-order valence-electron chi connectivity index (χ4n) is 2.06. The molecule has 1 fully saturated rings. The van der Waals surface area contributed by atoms with Crippen LogP contribution in [0.5, 0.6) is 0 Å². The van der Waals surface area contributed by atoms with E-state index in [0.29, 0.717) is 18.0 Å². The standard InChI is InChI=1S/C11H18N2O/c1-8-6-13(7-10(8)12)9(2)11-4-3-5-14-11/h3-5,8-10H,6-7,12H2,1-2H3. The molecule has 1 saturated heterocycles. The highest BCUT2D eigenvalue weighted by molar-refractivity contribution is 5.05. The average Bonchev–Trinajstić information content (AvgIpc) is 2.76. The lowest BCUT2D eigenvalue weighted by Gasteiger charge is -2.21. The molecule has 0 aliphatic carbocycles. The summed E-state index contributed by atoms with van der Waals surface area (Å²) >= 11 is 0. The molecule has 1 aromatic rings. The van der Waals surface area contributed by atoms with E-state index in [2.05, 4.69) is 18.7 Å². The minimum absolute atomic E-state index is 0.312. The van der Waals surface area contributed by atoms with Crippen molar-refractivity contribution in [2.45, 2.75) is 25.9 Å². The highest BCUT2D eigenvalue weighted by Crippen LogP contribution is 2.26. The Kier molecular flexibility index (Phi) is 2.61.